The van der Waals surface area contributed by atoms with Crippen molar-refractivity contribution in [2.75, 3.05) is 11.5 Å². The Balaban J connectivity index is 1.75. The summed E-state index contributed by atoms with van der Waals surface area (Å²) in [7, 11) is 0. The number of benzene rings is 1. The molecule has 1 aromatic carbocycles. The number of thioether (sulfide) groups is 1. The molecule has 2 heterocycles. The maximum absolute atomic E-state index is 12.7. The van der Waals surface area contributed by atoms with Crippen molar-refractivity contribution in [1.82, 2.24) is 4.98 Å². The van der Waals surface area contributed by atoms with E-state index >= 15 is 0 Å². The molecule has 2 amide bonds. The van der Waals surface area contributed by atoms with Gasteiger partial charge >= 0.3 is 11.9 Å². The number of carboxylic acids is 1. The van der Waals surface area contributed by atoms with E-state index in [1.807, 2.05) is 0 Å². The van der Waals surface area contributed by atoms with Crippen molar-refractivity contribution in [2.45, 2.75) is 29.9 Å². The molecule has 1 aliphatic rings. The number of imide groups is 1. The molecule has 1 fully saturated rings. The number of aromatic nitrogens is 1. The number of anilines is 1. The Morgan fingerprint density at radius 3 is 2.82 bits per heavy atom. The lowest BCUT2D eigenvalue weighted by atomic mass is 10.2. The van der Waals surface area contributed by atoms with E-state index < -0.39 is 29.0 Å². The van der Waals surface area contributed by atoms with Gasteiger partial charge in [0.2, 0.25) is 11.8 Å². The molecule has 0 bridgehead atoms. The molecule has 3 rings (SSSR count). The van der Waals surface area contributed by atoms with Crippen molar-refractivity contribution in [3.05, 3.63) is 40.9 Å². The maximum Gasteiger partial charge on any atom is 0.336 e. The zero-order valence-electron chi connectivity index (χ0n) is 14.8. The zero-order valence-corrected chi connectivity index (χ0v) is 16.4. The third-order valence-electron chi connectivity index (χ3n) is 3.85. The van der Waals surface area contributed by atoms with Crippen molar-refractivity contribution in [1.29, 1.82) is 0 Å². The van der Waals surface area contributed by atoms with Crippen LogP contribution >= 0.6 is 23.1 Å². The predicted octanol–water partition coefficient (Wildman–Crippen LogP) is 2.37. The Morgan fingerprint density at radius 2 is 2.11 bits per heavy atom. The summed E-state index contributed by atoms with van der Waals surface area (Å²) in [4.78, 5) is 53.7. The Hall–Kier alpha value is -2.72. The van der Waals surface area contributed by atoms with E-state index in [9.17, 15) is 24.3 Å². The number of ether oxygens (including phenoxy) is 1. The summed E-state index contributed by atoms with van der Waals surface area (Å²) in [6.07, 6.45) is -0.0883. The largest absolute Gasteiger partial charge is 0.478 e. The molecule has 146 valence electrons. The molecule has 28 heavy (non-hydrogen) atoms. The number of amides is 2. The number of carbonyl (C=O) groups excluding carboxylic acids is 3. The minimum atomic E-state index is -1.10. The molecule has 8 nitrogen and oxygen atoms in total. The molecule has 0 aliphatic carbocycles. The SMILES string of the molecule is CCOC(=O)Cc1csc(N2C(=O)CC(Sc3ccccc3C(=O)O)C2=O)n1. The first-order chi connectivity index (χ1) is 13.4. The molecule has 1 atom stereocenters. The summed E-state index contributed by atoms with van der Waals surface area (Å²) in [5, 5.41) is 10.3. The normalized spacial score (nSPS) is 16.5. The van der Waals surface area contributed by atoms with E-state index in [4.69, 9.17) is 4.74 Å². The number of aromatic carboxylic acids is 1. The maximum atomic E-state index is 12.7. The van der Waals surface area contributed by atoms with Crippen molar-refractivity contribution < 1.29 is 29.0 Å². The average molecular weight is 420 g/mol. The van der Waals surface area contributed by atoms with Crippen LogP contribution in [0.1, 0.15) is 29.4 Å². The van der Waals surface area contributed by atoms with E-state index in [1.165, 1.54) is 6.07 Å². The molecule has 1 unspecified atom stereocenters. The van der Waals surface area contributed by atoms with Gasteiger partial charge in [-0.2, -0.15) is 0 Å². The van der Waals surface area contributed by atoms with Crippen LogP contribution in [0.5, 0.6) is 0 Å². The molecule has 1 aromatic heterocycles. The molecular weight excluding hydrogens is 404 g/mol. The minimum absolute atomic E-state index is 0.0370. The van der Waals surface area contributed by atoms with Crippen LogP contribution in [0.25, 0.3) is 0 Å². The van der Waals surface area contributed by atoms with Crippen LogP contribution in [0.4, 0.5) is 5.13 Å². The first-order valence-corrected chi connectivity index (χ1v) is 10.1. The second-order valence-electron chi connectivity index (χ2n) is 5.78. The molecule has 2 aromatic rings. The van der Waals surface area contributed by atoms with Gasteiger partial charge in [-0.15, -0.1) is 23.1 Å². The molecular formula is C18H16N2O6S2. The van der Waals surface area contributed by atoms with E-state index in [1.54, 1.807) is 30.5 Å². The van der Waals surface area contributed by atoms with E-state index in [2.05, 4.69) is 4.98 Å². The number of hydrogen-bond acceptors (Lipinski definition) is 8. The van der Waals surface area contributed by atoms with Gasteiger partial charge in [-0.05, 0) is 19.1 Å². The highest BCUT2D eigenvalue weighted by atomic mass is 32.2. The summed E-state index contributed by atoms with van der Waals surface area (Å²) in [5.41, 5.74) is 0.503. The van der Waals surface area contributed by atoms with Gasteiger partial charge in [0.15, 0.2) is 5.13 Å². The molecule has 1 aliphatic heterocycles. The molecule has 1 N–H and O–H groups in total. The van der Waals surface area contributed by atoms with E-state index in [-0.39, 0.29) is 30.1 Å². The van der Waals surface area contributed by atoms with Gasteiger partial charge in [0.25, 0.3) is 0 Å². The fraction of sp³-hybridized carbons (Fsp3) is 0.278. The fourth-order valence-electron chi connectivity index (χ4n) is 2.64. The van der Waals surface area contributed by atoms with Gasteiger partial charge in [0, 0.05) is 16.7 Å². The predicted molar refractivity (Wildman–Crippen MR) is 103 cm³/mol. The standard InChI is InChI=1S/C18H16N2O6S2/c1-2-26-15(22)7-10-9-27-18(19-10)20-14(21)8-13(16(20)23)28-12-6-4-3-5-11(12)17(24)25/h3-6,9,13H,2,7-8H2,1H3,(H,24,25). The van der Waals surface area contributed by atoms with Gasteiger partial charge in [-0.25, -0.2) is 14.7 Å². The second kappa shape index (κ2) is 8.53. The van der Waals surface area contributed by atoms with E-state index in [0.29, 0.717) is 10.6 Å². The molecule has 0 radical (unpaired) electrons. The van der Waals surface area contributed by atoms with Gasteiger partial charge in [0.1, 0.15) is 0 Å². The monoisotopic (exact) mass is 420 g/mol. The highest BCUT2D eigenvalue weighted by Gasteiger charge is 2.42. The first kappa shape index (κ1) is 20.0. The Labute approximate surface area is 168 Å². The average Bonchev–Trinajstić information content (AvgIpc) is 3.19. The number of hydrogen-bond donors (Lipinski definition) is 1. The van der Waals surface area contributed by atoms with E-state index in [0.717, 1.165) is 28.0 Å². The Morgan fingerprint density at radius 1 is 1.36 bits per heavy atom. The van der Waals surface area contributed by atoms with Crippen LogP contribution in [0, 0.1) is 0 Å². The van der Waals surface area contributed by atoms with Crippen molar-refractivity contribution in [3.63, 3.8) is 0 Å². The third-order valence-corrected chi connectivity index (χ3v) is 5.99. The van der Waals surface area contributed by atoms with Crippen LogP contribution in [0.15, 0.2) is 34.5 Å². The summed E-state index contributed by atoms with van der Waals surface area (Å²) < 4.78 is 4.86. The van der Waals surface area contributed by atoms with Gasteiger partial charge < -0.3 is 9.84 Å². The zero-order chi connectivity index (χ0) is 20.3. The topological polar surface area (TPSA) is 114 Å². The highest BCUT2D eigenvalue weighted by Crippen LogP contribution is 2.36. The third kappa shape index (κ3) is 4.23. The van der Waals surface area contributed by atoms with Crippen LogP contribution in [-0.4, -0.2) is 45.7 Å². The van der Waals surface area contributed by atoms with Crippen LogP contribution in [-0.2, 0) is 25.5 Å². The Bertz CT molecular complexity index is 942. The quantitative estimate of drug-likeness (QED) is 0.536. The number of nitrogens with zero attached hydrogens (tertiary/aromatic N) is 2. The molecule has 0 spiro atoms. The highest BCUT2D eigenvalue weighted by molar-refractivity contribution is 8.00. The van der Waals surface area contributed by atoms with Crippen LogP contribution in [0.2, 0.25) is 0 Å². The summed E-state index contributed by atoms with van der Waals surface area (Å²) >= 11 is 2.14. The number of rotatable bonds is 7. The number of carboxylic acid groups (broad SMARTS) is 1. The lowest BCUT2D eigenvalue weighted by Gasteiger charge is -2.12. The summed E-state index contributed by atoms with van der Waals surface area (Å²) in [6.45, 7) is 1.96. The minimum Gasteiger partial charge on any atom is -0.478 e. The summed E-state index contributed by atoms with van der Waals surface area (Å²) in [5.74, 6) is -2.39. The first-order valence-electron chi connectivity index (χ1n) is 8.36. The Kier molecular flexibility index (Phi) is 6.10. The fourth-order valence-corrected chi connectivity index (χ4v) is 4.66. The van der Waals surface area contributed by atoms with Crippen LogP contribution in [0.3, 0.4) is 0 Å². The van der Waals surface area contributed by atoms with Crippen molar-refractivity contribution >= 4 is 52.0 Å². The lowest BCUT2D eigenvalue weighted by Crippen LogP contribution is -2.31. The smallest absolute Gasteiger partial charge is 0.336 e. The van der Waals surface area contributed by atoms with Gasteiger partial charge in [-0.1, -0.05) is 12.1 Å². The molecule has 10 heteroatoms. The van der Waals surface area contributed by atoms with Crippen LogP contribution < -0.4 is 4.90 Å². The van der Waals surface area contributed by atoms with Crippen molar-refractivity contribution in [2.24, 2.45) is 0 Å². The lowest BCUT2D eigenvalue weighted by molar-refractivity contribution is -0.142. The summed E-state index contributed by atoms with van der Waals surface area (Å²) in [6, 6.07) is 6.33. The molecule has 1 saturated heterocycles. The van der Waals surface area contributed by atoms with Gasteiger partial charge in [-0.3, -0.25) is 14.4 Å². The van der Waals surface area contributed by atoms with Crippen molar-refractivity contribution in [3.8, 4) is 0 Å². The number of thiazole rings is 1. The molecule has 0 saturated carbocycles. The number of carbonyl (C=O) groups is 4. The van der Waals surface area contributed by atoms with Gasteiger partial charge in [0.05, 0.1) is 29.5 Å². The second-order valence-corrected chi connectivity index (χ2v) is 7.86. The number of esters is 1.